The van der Waals surface area contributed by atoms with Crippen LogP contribution < -0.4 is 19.7 Å². The number of aromatic hydroxyl groups is 1. The minimum absolute atomic E-state index is 0.0116. The molecule has 3 heterocycles. The van der Waals surface area contributed by atoms with E-state index in [1.807, 2.05) is 72.6 Å². The van der Waals surface area contributed by atoms with E-state index in [0.717, 1.165) is 82.8 Å². The number of anilines is 2. The summed E-state index contributed by atoms with van der Waals surface area (Å²) in [7, 11) is 1.59. The van der Waals surface area contributed by atoms with E-state index < -0.39 is 11.5 Å². The molecular weight excluding hydrogens is 778 g/mol. The normalized spacial score (nSPS) is 26.0. The van der Waals surface area contributed by atoms with Gasteiger partial charge in [0.2, 0.25) is 5.91 Å². The third-order valence-electron chi connectivity index (χ3n) is 14.0. The van der Waals surface area contributed by atoms with Gasteiger partial charge in [0.15, 0.2) is 11.5 Å². The van der Waals surface area contributed by atoms with E-state index in [0.29, 0.717) is 67.0 Å². The second-order valence-corrected chi connectivity index (χ2v) is 18.5. The SMILES string of the molecule is COc1cc2c(cc1OCC13CC(C(=O)N4C[C@@H](CCl)c5c4cc(O)c4cccc(C)c54)(C1)C3)CC/C=C\[C@@H]1CC(c3ccc(NC(=O)[C@H](O)CC4CC4)cc3)=CN1C2=O. The van der Waals surface area contributed by atoms with Gasteiger partial charge in [-0.15, -0.1) is 11.6 Å². The van der Waals surface area contributed by atoms with Crippen LogP contribution in [0.4, 0.5) is 11.4 Å². The average Bonchev–Trinajstić information content (AvgIpc) is 3.79. The van der Waals surface area contributed by atoms with Gasteiger partial charge in [-0.3, -0.25) is 14.4 Å². The van der Waals surface area contributed by atoms with E-state index in [9.17, 15) is 24.6 Å². The molecule has 2 bridgehead atoms. The van der Waals surface area contributed by atoms with Crippen LogP contribution in [0, 0.1) is 23.7 Å². The van der Waals surface area contributed by atoms with Crippen molar-refractivity contribution in [3.8, 4) is 17.2 Å². The molecule has 11 rings (SSSR count). The largest absolute Gasteiger partial charge is 0.507 e. The number of phenols is 1. The highest BCUT2D eigenvalue weighted by Gasteiger charge is 2.72. The Hall–Kier alpha value is -5.32. The summed E-state index contributed by atoms with van der Waals surface area (Å²) in [6.45, 7) is 2.99. The maximum Gasteiger partial charge on any atom is 0.258 e. The Labute approximate surface area is 354 Å². The zero-order valence-corrected chi connectivity index (χ0v) is 34.8. The number of carbonyl (C=O) groups is 3. The van der Waals surface area contributed by atoms with Gasteiger partial charge in [0.1, 0.15) is 11.9 Å². The van der Waals surface area contributed by atoms with Gasteiger partial charge >= 0.3 is 0 Å². The number of aliphatic hydroxyl groups excluding tert-OH is 1. The Balaban J connectivity index is 0.816. The summed E-state index contributed by atoms with van der Waals surface area (Å²) in [5, 5.41) is 25.8. The quantitative estimate of drug-likeness (QED) is 0.102. The molecule has 0 spiro atoms. The lowest BCUT2D eigenvalue weighted by Crippen LogP contribution is -2.70. The predicted molar refractivity (Wildman–Crippen MR) is 232 cm³/mol. The number of ether oxygens (including phenoxy) is 2. The lowest BCUT2D eigenvalue weighted by Gasteiger charge is -2.69. The molecule has 3 N–H and O–H groups in total. The van der Waals surface area contributed by atoms with Gasteiger partial charge in [0.25, 0.3) is 11.8 Å². The van der Waals surface area contributed by atoms with Gasteiger partial charge in [-0.25, -0.2) is 0 Å². The average molecular weight is 828 g/mol. The second kappa shape index (κ2) is 14.7. The number of carbonyl (C=O) groups excluding carboxylic acids is 3. The van der Waals surface area contributed by atoms with Crippen LogP contribution in [-0.2, 0) is 16.0 Å². The predicted octanol–water partition coefficient (Wildman–Crippen LogP) is 8.64. The van der Waals surface area contributed by atoms with Crippen LogP contribution in [0.3, 0.4) is 0 Å². The fourth-order valence-corrected chi connectivity index (χ4v) is 11.0. The number of rotatable bonds is 11. The molecule has 4 fully saturated rings. The molecule has 4 saturated carbocycles. The number of hydrogen-bond donors (Lipinski definition) is 3. The van der Waals surface area contributed by atoms with Crippen LogP contribution in [0.25, 0.3) is 16.3 Å². The molecule has 60 heavy (non-hydrogen) atoms. The number of hydrogen-bond acceptors (Lipinski definition) is 7. The Kier molecular flexibility index (Phi) is 9.52. The summed E-state index contributed by atoms with van der Waals surface area (Å²) in [5.74, 6) is 1.71. The zero-order chi connectivity index (χ0) is 41.5. The summed E-state index contributed by atoms with van der Waals surface area (Å²) in [6.07, 6.45) is 12.1. The van der Waals surface area contributed by atoms with Crippen LogP contribution in [0.15, 0.2) is 79.0 Å². The van der Waals surface area contributed by atoms with Crippen molar-refractivity contribution in [3.63, 3.8) is 0 Å². The molecule has 0 aromatic heterocycles. The van der Waals surface area contributed by atoms with Gasteiger partial charge in [0.05, 0.1) is 30.9 Å². The molecular formula is C49H50ClN3O7. The number of benzene rings is 4. The Morgan fingerprint density at radius 2 is 1.83 bits per heavy atom. The Bertz CT molecular complexity index is 2490. The molecule has 310 valence electrons. The van der Waals surface area contributed by atoms with E-state index in [1.165, 1.54) is 0 Å². The first-order chi connectivity index (χ1) is 29.0. The topological polar surface area (TPSA) is 129 Å². The molecule has 7 aliphatic rings. The molecule has 4 aromatic rings. The number of alkyl halides is 1. The molecule has 0 radical (unpaired) electrons. The van der Waals surface area contributed by atoms with Crippen molar-refractivity contribution in [2.24, 2.45) is 16.7 Å². The number of nitrogens with one attached hydrogen (secondary N) is 1. The maximum atomic E-state index is 14.3. The van der Waals surface area contributed by atoms with Crippen molar-refractivity contribution in [1.82, 2.24) is 4.90 Å². The van der Waals surface area contributed by atoms with E-state index in [4.69, 9.17) is 21.1 Å². The summed E-state index contributed by atoms with van der Waals surface area (Å²) < 4.78 is 12.4. The standard InChI is InChI=1S/C49H50ClN3O7/c1-28-6-5-9-36-39(54)20-38-44(43(28)36)33(21-50)23-53(38)47(58)49-24-48(25-49,26-49)27-60-42-18-31-7-3-4-8-35-17-32(22-52(35)46(57)37(31)19-41(42)59-2)30-12-14-34(15-13-30)51-45(56)40(55)16-29-10-11-29/h4-6,8-9,12-15,18-20,22,29,33,35,40,54-55H,3,7,10-11,16-17,21,23-27H2,1-2H3,(H,51,56)/b8-4-/t33-,35-,40-,48?,49?/m1/s1. The zero-order valence-electron chi connectivity index (χ0n) is 34.0. The van der Waals surface area contributed by atoms with Crippen LogP contribution in [0.5, 0.6) is 17.2 Å². The first-order valence-corrected chi connectivity index (χ1v) is 21.8. The van der Waals surface area contributed by atoms with Crippen LogP contribution in [0.1, 0.15) is 89.9 Å². The Morgan fingerprint density at radius 1 is 1.05 bits per heavy atom. The number of nitrogens with zero attached hydrogens (tertiary/aromatic N) is 2. The number of fused-ring (bicyclic) bond motifs is 5. The van der Waals surface area contributed by atoms with Crippen molar-refractivity contribution < 1.29 is 34.1 Å². The van der Waals surface area contributed by atoms with Gasteiger partial charge in [-0.2, -0.15) is 0 Å². The molecule has 4 aromatic carbocycles. The number of methoxy groups -OCH3 is 1. The smallest absolute Gasteiger partial charge is 0.258 e. The molecule has 4 aliphatic carbocycles. The molecule has 11 heteroatoms. The third kappa shape index (κ3) is 6.54. The molecule has 10 nitrogen and oxygen atoms in total. The van der Waals surface area contributed by atoms with Crippen molar-refractivity contribution in [3.05, 3.63) is 107 Å². The molecule has 3 atom stereocenters. The number of aryl methyl sites for hydroxylation is 2. The molecule has 0 saturated heterocycles. The van der Waals surface area contributed by atoms with Gasteiger partial charge in [-0.05, 0) is 115 Å². The lowest BCUT2D eigenvalue weighted by molar-refractivity contribution is -0.215. The molecule has 0 unspecified atom stereocenters. The number of amides is 3. The van der Waals surface area contributed by atoms with Crippen molar-refractivity contribution in [2.75, 3.05) is 36.4 Å². The molecule has 3 aliphatic heterocycles. The van der Waals surface area contributed by atoms with E-state index in [-0.39, 0.29) is 40.8 Å². The summed E-state index contributed by atoms with van der Waals surface area (Å²) in [4.78, 5) is 44.8. The monoisotopic (exact) mass is 827 g/mol. The maximum absolute atomic E-state index is 14.3. The fourth-order valence-electron chi connectivity index (χ4n) is 10.8. The number of halogens is 1. The van der Waals surface area contributed by atoms with E-state index in [1.54, 1.807) is 18.1 Å². The molecule has 3 amide bonds. The minimum Gasteiger partial charge on any atom is -0.507 e. The first-order valence-electron chi connectivity index (χ1n) is 21.2. The minimum atomic E-state index is -1.00. The van der Waals surface area contributed by atoms with Gasteiger partial charge in [-0.1, -0.05) is 55.3 Å². The highest BCUT2D eigenvalue weighted by molar-refractivity contribution is 6.19. The van der Waals surface area contributed by atoms with Crippen molar-refractivity contribution in [2.45, 2.75) is 82.8 Å². The Morgan fingerprint density at radius 3 is 2.57 bits per heavy atom. The lowest BCUT2D eigenvalue weighted by atomic mass is 9.35. The van der Waals surface area contributed by atoms with Crippen LogP contribution in [0.2, 0.25) is 0 Å². The number of allylic oxidation sites excluding steroid dienone is 1. The summed E-state index contributed by atoms with van der Waals surface area (Å²) in [5.41, 5.74) is 6.40. The summed E-state index contributed by atoms with van der Waals surface area (Å²) in [6, 6.07) is 18.8. The van der Waals surface area contributed by atoms with Crippen molar-refractivity contribution in [1.29, 1.82) is 0 Å². The number of aliphatic hydroxyl groups is 1. The first kappa shape index (κ1) is 38.9. The van der Waals surface area contributed by atoms with E-state index >= 15 is 0 Å². The van der Waals surface area contributed by atoms with Gasteiger partial charge in [0, 0.05) is 52.7 Å². The highest BCUT2D eigenvalue weighted by Crippen LogP contribution is 2.74. The second-order valence-electron chi connectivity index (χ2n) is 18.2. The number of phenolic OH excluding ortho intramolecular Hbond substituents is 1. The highest BCUT2D eigenvalue weighted by atomic mass is 35.5. The third-order valence-corrected chi connectivity index (χ3v) is 14.4. The van der Waals surface area contributed by atoms with Gasteiger partial charge < -0.3 is 34.8 Å². The van der Waals surface area contributed by atoms with Crippen LogP contribution >= 0.6 is 11.6 Å². The van der Waals surface area contributed by atoms with E-state index in [2.05, 4.69) is 17.5 Å². The van der Waals surface area contributed by atoms with Crippen LogP contribution in [-0.4, -0.2) is 71.1 Å². The summed E-state index contributed by atoms with van der Waals surface area (Å²) >= 11 is 6.51. The van der Waals surface area contributed by atoms with Crippen molar-refractivity contribution >= 4 is 57.0 Å². The fraction of sp³-hybridized carbons (Fsp3) is 0.408.